The molecule has 0 radical (unpaired) electrons. The van der Waals surface area contributed by atoms with Crippen LogP contribution in [-0.4, -0.2) is 23.7 Å². The number of carbonyl (C=O) groups is 1. The molecule has 118 valence electrons. The van der Waals surface area contributed by atoms with Gasteiger partial charge in [0.15, 0.2) is 0 Å². The summed E-state index contributed by atoms with van der Waals surface area (Å²) in [5.74, 6) is 1.52. The van der Waals surface area contributed by atoms with Crippen LogP contribution in [0.1, 0.15) is 72.1 Å². The molecule has 1 saturated carbocycles. The van der Waals surface area contributed by atoms with Crippen molar-refractivity contribution in [3.05, 3.63) is 0 Å². The fourth-order valence-corrected chi connectivity index (χ4v) is 3.28. The molecule has 0 saturated heterocycles. The Morgan fingerprint density at radius 1 is 1.20 bits per heavy atom. The van der Waals surface area contributed by atoms with Gasteiger partial charge in [0, 0.05) is 18.6 Å². The van der Waals surface area contributed by atoms with Gasteiger partial charge in [-0.1, -0.05) is 46.0 Å². The van der Waals surface area contributed by atoms with Crippen LogP contribution in [0, 0.1) is 17.8 Å². The Morgan fingerprint density at radius 3 is 2.40 bits per heavy atom. The van der Waals surface area contributed by atoms with Gasteiger partial charge in [0.2, 0.25) is 5.91 Å². The molecule has 1 rings (SSSR count). The van der Waals surface area contributed by atoms with Crippen LogP contribution in [0.15, 0.2) is 0 Å². The van der Waals surface area contributed by atoms with Crippen molar-refractivity contribution in [2.75, 3.05) is 6.61 Å². The van der Waals surface area contributed by atoms with Gasteiger partial charge >= 0.3 is 0 Å². The number of aliphatic hydroxyl groups excluding tert-OH is 1. The van der Waals surface area contributed by atoms with Crippen LogP contribution in [0.25, 0.3) is 0 Å². The average Bonchev–Trinajstić information content (AvgIpc) is 2.43. The van der Waals surface area contributed by atoms with Crippen molar-refractivity contribution in [1.29, 1.82) is 0 Å². The first-order valence-electron chi connectivity index (χ1n) is 8.45. The molecule has 0 heterocycles. The van der Waals surface area contributed by atoms with Crippen LogP contribution < -0.4 is 5.32 Å². The summed E-state index contributed by atoms with van der Waals surface area (Å²) < 4.78 is 0. The molecule has 2 unspecified atom stereocenters. The predicted octanol–water partition coefficient (Wildman–Crippen LogP) is 3.51. The van der Waals surface area contributed by atoms with Gasteiger partial charge in [-0.2, -0.15) is 0 Å². The lowest BCUT2D eigenvalue weighted by molar-refractivity contribution is -0.127. The maximum atomic E-state index is 12.5. The van der Waals surface area contributed by atoms with E-state index in [2.05, 4.69) is 19.2 Å². The number of hydrogen-bond acceptors (Lipinski definition) is 2. The minimum Gasteiger partial charge on any atom is -0.396 e. The second-order valence-electron chi connectivity index (χ2n) is 6.87. The molecule has 3 nitrogen and oxygen atoms in total. The summed E-state index contributed by atoms with van der Waals surface area (Å²) >= 11 is 0. The summed E-state index contributed by atoms with van der Waals surface area (Å²) in [4.78, 5) is 12.5. The molecular weight excluding hydrogens is 250 g/mol. The van der Waals surface area contributed by atoms with E-state index in [0.717, 1.165) is 25.2 Å². The number of amides is 1. The summed E-state index contributed by atoms with van der Waals surface area (Å²) in [7, 11) is 0. The van der Waals surface area contributed by atoms with E-state index in [0.29, 0.717) is 5.92 Å². The van der Waals surface area contributed by atoms with E-state index in [1.165, 1.54) is 32.1 Å². The highest BCUT2D eigenvalue weighted by molar-refractivity contribution is 5.79. The molecule has 0 spiro atoms. The Hall–Kier alpha value is -0.570. The van der Waals surface area contributed by atoms with E-state index in [4.69, 9.17) is 5.11 Å². The Bertz CT molecular complexity index is 272. The Morgan fingerprint density at radius 2 is 1.85 bits per heavy atom. The number of nitrogens with one attached hydrogen (secondary N) is 1. The molecule has 0 aromatic carbocycles. The summed E-state index contributed by atoms with van der Waals surface area (Å²) in [5.41, 5.74) is 0. The molecule has 0 bridgehead atoms. The molecule has 2 atom stereocenters. The number of aliphatic hydroxyl groups is 1. The van der Waals surface area contributed by atoms with E-state index in [9.17, 15) is 4.79 Å². The summed E-state index contributed by atoms with van der Waals surface area (Å²) in [6, 6.07) is 0.169. The molecule has 20 heavy (non-hydrogen) atoms. The lowest BCUT2D eigenvalue weighted by Gasteiger charge is -2.29. The lowest BCUT2D eigenvalue weighted by Crippen LogP contribution is -2.40. The second kappa shape index (κ2) is 9.38. The van der Waals surface area contributed by atoms with Crippen molar-refractivity contribution in [2.24, 2.45) is 17.8 Å². The largest absolute Gasteiger partial charge is 0.396 e. The molecule has 0 aromatic rings. The lowest BCUT2D eigenvalue weighted by atomic mass is 9.79. The van der Waals surface area contributed by atoms with Crippen LogP contribution in [-0.2, 0) is 4.79 Å². The van der Waals surface area contributed by atoms with Gasteiger partial charge in [0.25, 0.3) is 0 Å². The minimum absolute atomic E-state index is 0.148. The molecule has 1 fully saturated rings. The Balaban J connectivity index is 2.45. The van der Waals surface area contributed by atoms with Crippen LogP contribution in [0.3, 0.4) is 0 Å². The van der Waals surface area contributed by atoms with Crippen LogP contribution >= 0.6 is 0 Å². The van der Waals surface area contributed by atoms with E-state index in [1.807, 2.05) is 6.92 Å². The monoisotopic (exact) mass is 283 g/mol. The third-order valence-corrected chi connectivity index (χ3v) is 4.64. The van der Waals surface area contributed by atoms with Crippen molar-refractivity contribution in [2.45, 2.75) is 78.2 Å². The first-order chi connectivity index (χ1) is 9.54. The summed E-state index contributed by atoms with van der Waals surface area (Å²) in [6.07, 6.45) is 9.32. The molecular formula is C17H33NO2. The molecule has 1 amide bonds. The van der Waals surface area contributed by atoms with Crippen molar-refractivity contribution < 1.29 is 9.90 Å². The first kappa shape index (κ1) is 17.5. The third-order valence-electron chi connectivity index (χ3n) is 4.64. The number of carbonyl (C=O) groups excluding carboxylic acids is 1. The van der Waals surface area contributed by atoms with Gasteiger partial charge in [-0.05, 0) is 38.0 Å². The normalized spacial score (nSPS) is 19.9. The number of rotatable bonds is 8. The van der Waals surface area contributed by atoms with Gasteiger partial charge in [0.05, 0.1) is 0 Å². The molecule has 3 heteroatoms. The zero-order valence-corrected chi connectivity index (χ0v) is 13.5. The number of hydrogen-bond donors (Lipinski definition) is 2. The molecule has 1 aliphatic rings. The summed E-state index contributed by atoms with van der Waals surface area (Å²) in [5, 5.41) is 12.0. The van der Waals surface area contributed by atoms with E-state index >= 15 is 0 Å². The zero-order valence-electron chi connectivity index (χ0n) is 13.5. The van der Waals surface area contributed by atoms with Crippen molar-refractivity contribution in [3.63, 3.8) is 0 Å². The first-order valence-corrected chi connectivity index (χ1v) is 8.45. The maximum absolute atomic E-state index is 12.5. The quantitative estimate of drug-likeness (QED) is 0.716. The van der Waals surface area contributed by atoms with Gasteiger partial charge < -0.3 is 10.4 Å². The third kappa shape index (κ3) is 6.25. The minimum atomic E-state index is 0.148. The van der Waals surface area contributed by atoms with E-state index in [1.54, 1.807) is 0 Å². The molecule has 1 aliphatic carbocycles. The highest BCUT2D eigenvalue weighted by Crippen LogP contribution is 2.31. The van der Waals surface area contributed by atoms with Crippen molar-refractivity contribution in [1.82, 2.24) is 5.32 Å². The molecule has 0 aromatic heterocycles. The van der Waals surface area contributed by atoms with Gasteiger partial charge in [-0.25, -0.2) is 0 Å². The Kier molecular flexibility index (Phi) is 8.20. The van der Waals surface area contributed by atoms with Gasteiger partial charge in [-0.15, -0.1) is 0 Å². The van der Waals surface area contributed by atoms with E-state index in [-0.39, 0.29) is 24.5 Å². The van der Waals surface area contributed by atoms with Crippen LogP contribution in [0.5, 0.6) is 0 Å². The van der Waals surface area contributed by atoms with Crippen molar-refractivity contribution in [3.8, 4) is 0 Å². The topological polar surface area (TPSA) is 49.3 Å². The van der Waals surface area contributed by atoms with Crippen LogP contribution in [0.2, 0.25) is 0 Å². The van der Waals surface area contributed by atoms with Crippen molar-refractivity contribution >= 4 is 5.91 Å². The highest BCUT2D eigenvalue weighted by atomic mass is 16.3. The zero-order chi connectivity index (χ0) is 15.0. The Labute approximate surface area is 124 Å². The average molecular weight is 283 g/mol. The maximum Gasteiger partial charge on any atom is 0.223 e. The standard InChI is InChI=1S/C17H33NO2/c1-13(2)16(12-15-9-5-4-6-10-15)17(20)18-14(3)8-7-11-19/h13-16,19H,4-12H2,1-3H3,(H,18,20). The SMILES string of the molecule is CC(CCCO)NC(=O)C(CC1CCCCC1)C(C)C. The fourth-order valence-electron chi connectivity index (χ4n) is 3.28. The van der Waals surface area contributed by atoms with Crippen LogP contribution in [0.4, 0.5) is 0 Å². The van der Waals surface area contributed by atoms with E-state index < -0.39 is 0 Å². The smallest absolute Gasteiger partial charge is 0.223 e. The van der Waals surface area contributed by atoms with Gasteiger partial charge in [-0.3, -0.25) is 4.79 Å². The van der Waals surface area contributed by atoms with Gasteiger partial charge in [0.1, 0.15) is 0 Å². The second-order valence-corrected chi connectivity index (χ2v) is 6.87. The predicted molar refractivity (Wildman–Crippen MR) is 83.4 cm³/mol. The fraction of sp³-hybridized carbons (Fsp3) is 0.941. The summed E-state index contributed by atoms with van der Waals surface area (Å²) in [6.45, 7) is 6.55. The highest BCUT2D eigenvalue weighted by Gasteiger charge is 2.27. The molecule has 0 aliphatic heterocycles. The molecule has 2 N–H and O–H groups in total.